The molecule has 8 heteroatoms. The van der Waals surface area contributed by atoms with Crippen LogP contribution in [0.25, 0.3) is 0 Å². The van der Waals surface area contributed by atoms with E-state index in [0.717, 1.165) is 11.8 Å². The van der Waals surface area contributed by atoms with Gasteiger partial charge < -0.3 is 5.32 Å². The van der Waals surface area contributed by atoms with Crippen molar-refractivity contribution < 1.29 is 13.2 Å². The Kier molecular flexibility index (Phi) is 5.11. The number of nitrogens with one attached hydrogen (secondary N) is 1. The smallest absolute Gasteiger partial charge is 0.256 e. The molecule has 0 aliphatic carbocycles. The zero-order valence-corrected chi connectivity index (χ0v) is 15.5. The minimum absolute atomic E-state index is 0.167. The molecule has 1 aromatic heterocycles. The van der Waals surface area contributed by atoms with Crippen LogP contribution in [0.15, 0.2) is 65.7 Å². The Balaban J connectivity index is 1.75. The molecule has 0 atom stereocenters. The summed E-state index contributed by atoms with van der Waals surface area (Å²) in [5.74, 6) is 0.181. The van der Waals surface area contributed by atoms with Gasteiger partial charge in [-0.05, 0) is 42.0 Å². The molecule has 134 valence electrons. The average molecular weight is 390 g/mol. The minimum Gasteiger partial charge on any atom is -0.307 e. The fourth-order valence-electron chi connectivity index (χ4n) is 2.42. The summed E-state index contributed by atoms with van der Waals surface area (Å²) in [6, 6.07) is 14.8. The summed E-state index contributed by atoms with van der Waals surface area (Å²) in [4.78, 5) is 12.6. The number of benzene rings is 2. The van der Waals surface area contributed by atoms with Gasteiger partial charge in [0.15, 0.2) is 9.84 Å². The van der Waals surface area contributed by atoms with Gasteiger partial charge in [-0.2, -0.15) is 5.10 Å². The van der Waals surface area contributed by atoms with E-state index in [2.05, 4.69) is 10.4 Å². The molecule has 0 bridgehead atoms. The predicted molar refractivity (Wildman–Crippen MR) is 100 cm³/mol. The van der Waals surface area contributed by atoms with Crippen molar-refractivity contribution >= 4 is 33.2 Å². The van der Waals surface area contributed by atoms with Gasteiger partial charge in [0.2, 0.25) is 0 Å². The van der Waals surface area contributed by atoms with Crippen LogP contribution < -0.4 is 5.32 Å². The lowest BCUT2D eigenvalue weighted by Crippen LogP contribution is -2.16. The summed E-state index contributed by atoms with van der Waals surface area (Å²) in [5, 5.41) is 7.62. The predicted octanol–water partition coefficient (Wildman–Crippen LogP) is 3.24. The molecule has 3 rings (SSSR count). The van der Waals surface area contributed by atoms with Crippen molar-refractivity contribution in [3.05, 3.63) is 76.9 Å². The highest BCUT2D eigenvalue weighted by Crippen LogP contribution is 2.16. The van der Waals surface area contributed by atoms with Crippen molar-refractivity contribution in [3.8, 4) is 0 Å². The first kappa shape index (κ1) is 18.2. The number of hydrogen-bond acceptors (Lipinski definition) is 4. The van der Waals surface area contributed by atoms with Crippen LogP contribution in [0.4, 0.5) is 5.82 Å². The number of rotatable bonds is 5. The van der Waals surface area contributed by atoms with E-state index in [1.54, 1.807) is 23.0 Å². The molecule has 6 nitrogen and oxygen atoms in total. The highest BCUT2D eigenvalue weighted by atomic mass is 35.5. The van der Waals surface area contributed by atoms with E-state index in [1.165, 1.54) is 24.3 Å². The van der Waals surface area contributed by atoms with Crippen LogP contribution in [0.5, 0.6) is 0 Å². The second-order valence-electron chi connectivity index (χ2n) is 5.75. The second kappa shape index (κ2) is 7.31. The van der Waals surface area contributed by atoms with Crippen LogP contribution in [0.1, 0.15) is 15.9 Å². The van der Waals surface area contributed by atoms with Crippen LogP contribution in [-0.2, 0) is 16.4 Å². The molecular formula is C18H16ClN3O3S. The summed E-state index contributed by atoms with van der Waals surface area (Å²) < 4.78 is 24.6. The zero-order chi connectivity index (χ0) is 18.7. The lowest BCUT2D eigenvalue weighted by molar-refractivity contribution is 0.102. The maximum atomic E-state index is 12.4. The number of halogens is 1. The van der Waals surface area contributed by atoms with Crippen molar-refractivity contribution in [2.24, 2.45) is 0 Å². The van der Waals surface area contributed by atoms with E-state index in [4.69, 9.17) is 11.6 Å². The Morgan fingerprint density at radius 1 is 1.15 bits per heavy atom. The maximum Gasteiger partial charge on any atom is 0.256 e. The molecule has 0 spiro atoms. The Hall–Kier alpha value is -2.64. The summed E-state index contributed by atoms with van der Waals surface area (Å²) in [6.45, 7) is 0.455. The molecule has 3 aromatic rings. The van der Waals surface area contributed by atoms with Crippen molar-refractivity contribution in [3.63, 3.8) is 0 Å². The number of carbonyl (C=O) groups excluding carboxylic acids is 1. The van der Waals surface area contributed by atoms with Crippen molar-refractivity contribution in [1.29, 1.82) is 0 Å². The highest BCUT2D eigenvalue weighted by Gasteiger charge is 2.12. The lowest BCUT2D eigenvalue weighted by Gasteiger charge is -2.10. The molecule has 0 radical (unpaired) electrons. The minimum atomic E-state index is -3.30. The number of aromatic nitrogens is 2. The number of sulfone groups is 1. The van der Waals surface area contributed by atoms with Gasteiger partial charge in [-0.15, -0.1) is 0 Å². The molecule has 0 aliphatic heterocycles. The van der Waals surface area contributed by atoms with Gasteiger partial charge >= 0.3 is 0 Å². The summed E-state index contributed by atoms with van der Waals surface area (Å²) in [5.41, 5.74) is 1.31. The van der Waals surface area contributed by atoms with Gasteiger partial charge in [-0.1, -0.05) is 23.7 Å². The Morgan fingerprint density at radius 2 is 1.88 bits per heavy atom. The summed E-state index contributed by atoms with van der Waals surface area (Å²) in [6.07, 6.45) is 2.71. The molecular weight excluding hydrogens is 374 g/mol. The normalized spacial score (nSPS) is 11.3. The third-order valence-electron chi connectivity index (χ3n) is 3.72. The lowest BCUT2D eigenvalue weighted by atomic mass is 10.2. The number of anilines is 1. The van der Waals surface area contributed by atoms with E-state index in [-0.39, 0.29) is 10.8 Å². The third kappa shape index (κ3) is 4.30. The molecule has 0 saturated carbocycles. The monoisotopic (exact) mass is 389 g/mol. The largest absolute Gasteiger partial charge is 0.307 e. The fourth-order valence-corrected chi connectivity index (χ4v) is 3.26. The van der Waals surface area contributed by atoms with E-state index in [9.17, 15) is 13.2 Å². The Morgan fingerprint density at radius 3 is 2.54 bits per heavy atom. The first-order chi connectivity index (χ1) is 12.3. The standard InChI is InChI=1S/C18H16ClN3O3S/c1-26(24,25)16-7-5-14(6-8-16)18(23)21-17-9-10-20-22(17)12-13-3-2-4-15(19)11-13/h2-11H,12H2,1H3,(H,21,23). The van der Waals surface area contributed by atoms with Crippen LogP contribution >= 0.6 is 11.6 Å². The molecule has 1 N–H and O–H groups in total. The van der Waals surface area contributed by atoms with Gasteiger partial charge in [-0.25, -0.2) is 13.1 Å². The molecule has 0 fully saturated rings. The van der Waals surface area contributed by atoms with Gasteiger partial charge in [-0.3, -0.25) is 4.79 Å². The molecule has 26 heavy (non-hydrogen) atoms. The quantitative estimate of drug-likeness (QED) is 0.726. The summed E-state index contributed by atoms with van der Waals surface area (Å²) in [7, 11) is -3.30. The van der Waals surface area contributed by atoms with Gasteiger partial charge in [0.05, 0.1) is 17.6 Å². The topological polar surface area (TPSA) is 81.1 Å². The first-order valence-electron chi connectivity index (χ1n) is 7.71. The first-order valence-corrected chi connectivity index (χ1v) is 9.97. The molecule has 0 saturated heterocycles. The maximum absolute atomic E-state index is 12.4. The van der Waals surface area contributed by atoms with Gasteiger partial charge in [0.1, 0.15) is 5.82 Å². The molecule has 2 aromatic carbocycles. The Labute approximate surface area is 156 Å². The van der Waals surface area contributed by atoms with E-state index >= 15 is 0 Å². The SMILES string of the molecule is CS(=O)(=O)c1ccc(C(=O)Nc2ccnn2Cc2cccc(Cl)c2)cc1. The summed E-state index contributed by atoms with van der Waals surface area (Å²) >= 11 is 5.99. The fraction of sp³-hybridized carbons (Fsp3) is 0.111. The number of hydrogen-bond donors (Lipinski definition) is 1. The molecule has 1 heterocycles. The van der Waals surface area contributed by atoms with Crippen molar-refractivity contribution in [2.75, 3.05) is 11.6 Å². The molecule has 0 aliphatic rings. The van der Waals surface area contributed by atoms with E-state index in [0.29, 0.717) is 22.9 Å². The Bertz CT molecular complexity index is 1040. The highest BCUT2D eigenvalue weighted by molar-refractivity contribution is 7.90. The van der Waals surface area contributed by atoms with E-state index in [1.807, 2.05) is 18.2 Å². The molecule has 1 amide bonds. The second-order valence-corrected chi connectivity index (χ2v) is 8.21. The van der Waals surface area contributed by atoms with Crippen LogP contribution in [0.3, 0.4) is 0 Å². The number of amides is 1. The average Bonchev–Trinajstić information content (AvgIpc) is 3.01. The van der Waals surface area contributed by atoms with Gasteiger partial charge in [0, 0.05) is 22.9 Å². The number of carbonyl (C=O) groups is 1. The van der Waals surface area contributed by atoms with E-state index < -0.39 is 9.84 Å². The van der Waals surface area contributed by atoms with Crippen LogP contribution in [-0.4, -0.2) is 30.4 Å². The molecule has 0 unspecified atom stereocenters. The third-order valence-corrected chi connectivity index (χ3v) is 5.09. The van der Waals surface area contributed by atoms with Crippen molar-refractivity contribution in [1.82, 2.24) is 9.78 Å². The van der Waals surface area contributed by atoms with Crippen molar-refractivity contribution in [2.45, 2.75) is 11.4 Å². The number of nitrogens with zero attached hydrogens (tertiary/aromatic N) is 2. The van der Waals surface area contributed by atoms with Crippen LogP contribution in [0, 0.1) is 0 Å². The zero-order valence-electron chi connectivity index (χ0n) is 13.9. The van der Waals surface area contributed by atoms with Crippen LogP contribution in [0.2, 0.25) is 5.02 Å². The van der Waals surface area contributed by atoms with Gasteiger partial charge in [0.25, 0.3) is 5.91 Å².